The van der Waals surface area contributed by atoms with Crippen molar-refractivity contribution in [2.75, 3.05) is 0 Å². The van der Waals surface area contributed by atoms with Gasteiger partial charge in [0, 0.05) is 11.8 Å². The molecule has 4 nitrogen and oxygen atoms in total. The summed E-state index contributed by atoms with van der Waals surface area (Å²) in [5.74, 6) is -0.671. The zero-order chi connectivity index (χ0) is 8.43. The van der Waals surface area contributed by atoms with Crippen molar-refractivity contribution in [1.82, 2.24) is 9.97 Å². The van der Waals surface area contributed by atoms with Crippen LogP contribution in [0.3, 0.4) is 0 Å². The van der Waals surface area contributed by atoms with E-state index in [4.69, 9.17) is 0 Å². The minimum Gasteiger partial charge on any atom is -0.545 e. The maximum atomic E-state index is 10.3. The van der Waals surface area contributed by atoms with E-state index in [0.29, 0.717) is 11.5 Å². The molecule has 1 heterocycles. The van der Waals surface area contributed by atoms with E-state index >= 15 is 0 Å². The maximum absolute atomic E-state index is 10.3. The average molecular weight is 151 g/mol. The van der Waals surface area contributed by atoms with Crippen LogP contribution in [0.25, 0.3) is 0 Å². The van der Waals surface area contributed by atoms with Gasteiger partial charge in [-0.05, 0) is 13.8 Å². The van der Waals surface area contributed by atoms with Crippen LogP contribution < -0.4 is 5.11 Å². The fourth-order valence-electron chi connectivity index (χ4n) is 0.784. The van der Waals surface area contributed by atoms with Gasteiger partial charge in [-0.2, -0.15) is 0 Å². The Morgan fingerprint density at radius 3 is 2.64 bits per heavy atom. The molecular formula is C7H7N2O2-. The van der Waals surface area contributed by atoms with Crippen molar-refractivity contribution < 1.29 is 9.90 Å². The van der Waals surface area contributed by atoms with Gasteiger partial charge < -0.3 is 9.90 Å². The molecule has 1 aromatic heterocycles. The zero-order valence-corrected chi connectivity index (χ0v) is 6.29. The lowest BCUT2D eigenvalue weighted by molar-refractivity contribution is -0.255. The molecule has 0 unspecified atom stereocenters. The Morgan fingerprint density at radius 2 is 2.18 bits per heavy atom. The maximum Gasteiger partial charge on any atom is 0.125 e. The van der Waals surface area contributed by atoms with E-state index in [1.54, 1.807) is 13.8 Å². The van der Waals surface area contributed by atoms with E-state index < -0.39 is 5.97 Å². The van der Waals surface area contributed by atoms with Crippen molar-refractivity contribution in [2.45, 2.75) is 13.8 Å². The number of aromatic nitrogens is 2. The number of hydrogen-bond acceptors (Lipinski definition) is 4. The number of rotatable bonds is 1. The minimum absolute atomic E-state index is 0.0515. The third-order valence-electron chi connectivity index (χ3n) is 1.32. The predicted octanol–water partition coefficient (Wildman–Crippen LogP) is -0.543. The Kier molecular flexibility index (Phi) is 1.85. The molecule has 0 aromatic carbocycles. The average Bonchev–Trinajstić information content (AvgIpc) is 1.85. The van der Waals surface area contributed by atoms with Crippen LogP contribution in [0.5, 0.6) is 0 Å². The van der Waals surface area contributed by atoms with Gasteiger partial charge >= 0.3 is 0 Å². The second-order valence-corrected chi connectivity index (χ2v) is 2.20. The topological polar surface area (TPSA) is 65.9 Å². The third-order valence-corrected chi connectivity index (χ3v) is 1.32. The van der Waals surface area contributed by atoms with E-state index in [-0.39, 0.29) is 5.56 Å². The van der Waals surface area contributed by atoms with Crippen LogP contribution >= 0.6 is 0 Å². The number of carboxylic acid groups (broad SMARTS) is 1. The molecule has 0 saturated carbocycles. The van der Waals surface area contributed by atoms with Crippen molar-refractivity contribution in [2.24, 2.45) is 0 Å². The normalized spacial score (nSPS) is 9.64. The standard InChI is InChI=1S/C7H8N2O2/c1-4-6(7(10)11)3-8-5(2)9-4/h3H,1-2H3,(H,10,11)/p-1. The lowest BCUT2D eigenvalue weighted by atomic mass is 10.2. The summed E-state index contributed by atoms with van der Waals surface area (Å²) in [4.78, 5) is 17.9. The van der Waals surface area contributed by atoms with E-state index in [0.717, 1.165) is 0 Å². The van der Waals surface area contributed by atoms with E-state index in [9.17, 15) is 9.90 Å². The van der Waals surface area contributed by atoms with Crippen LogP contribution in [0.15, 0.2) is 6.20 Å². The molecular weight excluding hydrogens is 144 g/mol. The molecule has 0 amide bonds. The Morgan fingerprint density at radius 1 is 1.55 bits per heavy atom. The lowest BCUT2D eigenvalue weighted by Gasteiger charge is -2.04. The monoisotopic (exact) mass is 151 g/mol. The first-order valence-electron chi connectivity index (χ1n) is 3.13. The van der Waals surface area contributed by atoms with Gasteiger partial charge in [0.2, 0.25) is 0 Å². The summed E-state index contributed by atoms with van der Waals surface area (Å²) in [6.45, 7) is 3.31. The molecule has 58 valence electrons. The van der Waals surface area contributed by atoms with Gasteiger partial charge in [0.15, 0.2) is 0 Å². The molecule has 4 heteroatoms. The fraction of sp³-hybridized carbons (Fsp3) is 0.286. The van der Waals surface area contributed by atoms with Gasteiger partial charge in [0.25, 0.3) is 0 Å². The summed E-state index contributed by atoms with van der Waals surface area (Å²) >= 11 is 0. The zero-order valence-electron chi connectivity index (χ0n) is 6.29. The SMILES string of the molecule is Cc1ncc(C(=O)[O-])c(C)n1. The second kappa shape index (κ2) is 2.65. The number of nitrogens with zero attached hydrogens (tertiary/aromatic N) is 2. The smallest absolute Gasteiger partial charge is 0.125 e. The fourth-order valence-corrected chi connectivity index (χ4v) is 0.784. The van der Waals surface area contributed by atoms with Crippen molar-refractivity contribution in [3.63, 3.8) is 0 Å². The highest BCUT2D eigenvalue weighted by molar-refractivity contribution is 5.86. The molecule has 0 aliphatic rings. The summed E-state index contributed by atoms with van der Waals surface area (Å²) in [7, 11) is 0. The first-order valence-corrected chi connectivity index (χ1v) is 3.13. The van der Waals surface area contributed by atoms with E-state index in [2.05, 4.69) is 9.97 Å². The Hall–Kier alpha value is -1.45. The Balaban J connectivity index is 3.20. The molecule has 0 atom stereocenters. The molecule has 0 bridgehead atoms. The van der Waals surface area contributed by atoms with E-state index in [1.807, 2.05) is 0 Å². The van der Waals surface area contributed by atoms with Gasteiger partial charge in [0.1, 0.15) is 5.82 Å². The summed E-state index contributed by atoms with van der Waals surface area (Å²) < 4.78 is 0. The van der Waals surface area contributed by atoms with Crippen molar-refractivity contribution in [1.29, 1.82) is 0 Å². The van der Waals surface area contributed by atoms with E-state index in [1.165, 1.54) is 6.20 Å². The molecule has 0 saturated heterocycles. The lowest BCUT2D eigenvalue weighted by Crippen LogP contribution is -2.24. The quantitative estimate of drug-likeness (QED) is 0.540. The highest BCUT2D eigenvalue weighted by atomic mass is 16.4. The van der Waals surface area contributed by atoms with Crippen LogP contribution in [-0.2, 0) is 0 Å². The summed E-state index contributed by atoms with van der Waals surface area (Å²) in [5, 5.41) is 10.3. The van der Waals surface area contributed by atoms with Gasteiger partial charge in [-0.1, -0.05) is 0 Å². The number of carbonyl (C=O) groups excluding carboxylic acids is 1. The minimum atomic E-state index is -1.23. The van der Waals surface area contributed by atoms with Crippen LogP contribution in [0.4, 0.5) is 0 Å². The molecule has 1 rings (SSSR count). The molecule has 0 fully saturated rings. The first-order chi connectivity index (χ1) is 5.11. The van der Waals surface area contributed by atoms with Crippen molar-refractivity contribution in [3.8, 4) is 0 Å². The summed E-state index contributed by atoms with van der Waals surface area (Å²) in [5.41, 5.74) is 0.494. The number of hydrogen-bond donors (Lipinski definition) is 0. The number of carboxylic acids is 1. The molecule has 0 aliphatic carbocycles. The molecule has 11 heavy (non-hydrogen) atoms. The van der Waals surface area contributed by atoms with Crippen LogP contribution in [0.2, 0.25) is 0 Å². The first kappa shape index (κ1) is 7.65. The van der Waals surface area contributed by atoms with Gasteiger partial charge in [-0.15, -0.1) is 0 Å². The predicted molar refractivity (Wildman–Crippen MR) is 35.8 cm³/mol. The van der Waals surface area contributed by atoms with Gasteiger partial charge in [-0.25, -0.2) is 9.97 Å². The third kappa shape index (κ3) is 1.52. The highest BCUT2D eigenvalue weighted by Crippen LogP contribution is 2.01. The number of aryl methyl sites for hydroxylation is 2. The Bertz CT molecular complexity index is 296. The van der Waals surface area contributed by atoms with Gasteiger partial charge in [-0.3, -0.25) is 0 Å². The van der Waals surface area contributed by atoms with Crippen LogP contribution in [0, 0.1) is 13.8 Å². The largest absolute Gasteiger partial charge is 0.545 e. The van der Waals surface area contributed by atoms with Crippen LogP contribution in [0.1, 0.15) is 21.9 Å². The summed E-state index contributed by atoms with van der Waals surface area (Å²) in [6, 6.07) is 0. The molecule has 0 radical (unpaired) electrons. The number of carbonyl (C=O) groups is 1. The Labute approximate surface area is 63.9 Å². The van der Waals surface area contributed by atoms with Crippen molar-refractivity contribution in [3.05, 3.63) is 23.3 Å². The second-order valence-electron chi connectivity index (χ2n) is 2.20. The highest BCUT2D eigenvalue weighted by Gasteiger charge is 1.99. The van der Waals surface area contributed by atoms with Crippen LogP contribution in [-0.4, -0.2) is 15.9 Å². The van der Waals surface area contributed by atoms with Gasteiger partial charge in [0.05, 0.1) is 11.7 Å². The van der Waals surface area contributed by atoms with Crippen molar-refractivity contribution >= 4 is 5.97 Å². The molecule has 0 spiro atoms. The number of aromatic carboxylic acids is 1. The molecule has 0 aliphatic heterocycles. The summed E-state index contributed by atoms with van der Waals surface area (Å²) in [6.07, 6.45) is 1.26. The molecule has 1 aromatic rings. The molecule has 0 N–H and O–H groups in total.